The van der Waals surface area contributed by atoms with Crippen LogP contribution in [-0.4, -0.2) is 47.5 Å². The number of aryl methyl sites for hydroxylation is 1. The lowest BCUT2D eigenvalue weighted by Crippen LogP contribution is -2.54. The van der Waals surface area contributed by atoms with E-state index in [4.69, 9.17) is 10.5 Å². The number of anilines is 3. The normalized spacial score (nSPS) is 19.7. The van der Waals surface area contributed by atoms with E-state index in [1.54, 1.807) is 11.1 Å². The summed E-state index contributed by atoms with van der Waals surface area (Å²) in [5, 5.41) is 0.793. The highest BCUT2D eigenvalue weighted by Gasteiger charge is 2.43. The van der Waals surface area contributed by atoms with Crippen molar-refractivity contribution in [3.05, 3.63) is 71.2 Å². The number of urea groups is 1. The summed E-state index contributed by atoms with van der Waals surface area (Å²) in [7, 11) is 2.10. The lowest BCUT2D eigenvalue weighted by atomic mass is 9.95. The zero-order valence-electron chi connectivity index (χ0n) is 21.5. The minimum atomic E-state index is -0.542. The van der Waals surface area contributed by atoms with Gasteiger partial charge in [-0.3, -0.25) is 14.6 Å². The van der Waals surface area contributed by atoms with Gasteiger partial charge in [-0.15, -0.1) is 11.3 Å². The van der Waals surface area contributed by atoms with Crippen LogP contribution < -0.4 is 20.3 Å². The maximum Gasteiger partial charge on any atom is 0.333 e. The van der Waals surface area contributed by atoms with Crippen LogP contribution in [0.25, 0.3) is 10.2 Å². The molecule has 1 fully saturated rings. The van der Waals surface area contributed by atoms with Gasteiger partial charge >= 0.3 is 6.03 Å². The molecule has 2 aliphatic heterocycles. The summed E-state index contributed by atoms with van der Waals surface area (Å²) in [4.78, 5) is 38.5. The number of amides is 3. The molecular weight excluding hydrogens is 498 g/mol. The highest BCUT2D eigenvalue weighted by Crippen LogP contribution is 2.50. The molecule has 0 radical (unpaired) electrons. The molecule has 2 aromatic heterocycles. The number of hydrogen-bond donors (Lipinski definition) is 1. The van der Waals surface area contributed by atoms with Gasteiger partial charge in [0.2, 0.25) is 0 Å². The second kappa shape index (κ2) is 9.41. The minimum Gasteiger partial charge on any atom is -0.457 e. The fraction of sp³-hybridized carbons (Fsp3) is 0.276. The number of thiophene rings is 1. The smallest absolute Gasteiger partial charge is 0.333 e. The SMILES string of the molecule is Cc1cc(Oc2ccccc2)ccc1N1C(=O)N(C2CCN(C)C(C)C2)c2c(C(N)=O)sc3nccc1c23. The van der Waals surface area contributed by atoms with Gasteiger partial charge in [-0.2, -0.15) is 0 Å². The number of aromatic nitrogens is 1. The number of primary amides is 1. The van der Waals surface area contributed by atoms with Crippen LogP contribution >= 0.6 is 11.3 Å². The minimum absolute atomic E-state index is 0.0681. The molecule has 2 N–H and O–H groups in total. The number of hydrogen-bond acceptors (Lipinski definition) is 6. The monoisotopic (exact) mass is 527 g/mol. The predicted molar refractivity (Wildman–Crippen MR) is 151 cm³/mol. The van der Waals surface area contributed by atoms with Gasteiger partial charge in [-0.1, -0.05) is 18.2 Å². The Bertz CT molecular complexity index is 1550. The average Bonchev–Trinajstić information content (AvgIpc) is 3.29. The molecule has 4 heterocycles. The van der Waals surface area contributed by atoms with Gasteiger partial charge in [0.05, 0.1) is 22.4 Å². The maximum absolute atomic E-state index is 14.5. The van der Waals surface area contributed by atoms with Crippen LogP contribution in [0.4, 0.5) is 21.9 Å². The van der Waals surface area contributed by atoms with E-state index in [0.717, 1.165) is 41.8 Å². The third kappa shape index (κ3) is 3.99. The molecule has 6 rings (SSSR count). The molecule has 3 amide bonds. The molecule has 0 saturated carbocycles. The van der Waals surface area contributed by atoms with Crippen molar-refractivity contribution < 1.29 is 14.3 Å². The molecule has 0 spiro atoms. The standard InChI is InChI=1S/C29H29N5O3S/c1-17-15-21(37-20-7-5-4-6-8-20)9-10-22(17)34-23-11-13-31-28-24(23)25(26(38-28)27(30)35)33(29(34)36)19-12-14-32(3)18(2)16-19/h4-11,13,15,18-19H,12,14,16H2,1-3H3,(H2,30,35). The fourth-order valence-corrected chi connectivity index (χ4v) is 6.53. The largest absolute Gasteiger partial charge is 0.457 e. The third-order valence-corrected chi connectivity index (χ3v) is 8.68. The molecule has 0 aliphatic carbocycles. The first kappa shape index (κ1) is 24.4. The van der Waals surface area contributed by atoms with E-state index in [1.165, 1.54) is 11.3 Å². The molecule has 4 aromatic rings. The third-order valence-electron chi connectivity index (χ3n) is 7.58. The van der Waals surface area contributed by atoms with Crippen LogP contribution in [0.1, 0.15) is 35.0 Å². The second-order valence-corrected chi connectivity index (χ2v) is 11.0. The number of para-hydroxylation sites is 1. The Morgan fingerprint density at radius 1 is 1.11 bits per heavy atom. The number of carbonyl (C=O) groups excluding carboxylic acids is 2. The predicted octanol–water partition coefficient (Wildman–Crippen LogP) is 6.06. The van der Waals surface area contributed by atoms with Gasteiger partial charge in [0, 0.05) is 24.8 Å². The summed E-state index contributed by atoms with van der Waals surface area (Å²) in [6.07, 6.45) is 3.27. The molecule has 38 heavy (non-hydrogen) atoms. The number of piperidine rings is 1. The summed E-state index contributed by atoms with van der Waals surface area (Å²) in [5.74, 6) is 0.892. The van der Waals surface area contributed by atoms with E-state index in [9.17, 15) is 9.59 Å². The van der Waals surface area contributed by atoms with E-state index >= 15 is 0 Å². The Balaban J connectivity index is 1.48. The summed E-state index contributed by atoms with van der Waals surface area (Å²) < 4.78 is 6.03. The summed E-state index contributed by atoms with van der Waals surface area (Å²) >= 11 is 1.25. The first-order valence-electron chi connectivity index (χ1n) is 12.7. The molecule has 2 unspecified atom stereocenters. The summed E-state index contributed by atoms with van der Waals surface area (Å²) in [6, 6.07) is 17.2. The van der Waals surface area contributed by atoms with Crippen LogP contribution in [0.15, 0.2) is 60.8 Å². The lowest BCUT2D eigenvalue weighted by molar-refractivity contribution is 0.100. The first-order valence-corrected chi connectivity index (χ1v) is 13.5. The van der Waals surface area contributed by atoms with Crippen LogP contribution in [0.2, 0.25) is 0 Å². The Morgan fingerprint density at radius 3 is 2.61 bits per heavy atom. The maximum atomic E-state index is 14.5. The number of likely N-dealkylation sites (tertiary alicyclic amines) is 1. The Hall–Kier alpha value is -3.95. The highest BCUT2D eigenvalue weighted by atomic mass is 32.1. The number of pyridine rings is 1. The van der Waals surface area contributed by atoms with E-state index in [1.807, 2.05) is 66.4 Å². The van der Waals surface area contributed by atoms with Crippen LogP contribution in [-0.2, 0) is 0 Å². The van der Waals surface area contributed by atoms with Gasteiger partial charge in [-0.25, -0.2) is 9.78 Å². The van der Waals surface area contributed by atoms with Crippen molar-refractivity contribution in [1.29, 1.82) is 0 Å². The Labute approximate surface area is 225 Å². The molecule has 194 valence electrons. The topological polar surface area (TPSA) is 92.0 Å². The van der Waals surface area contributed by atoms with Crippen molar-refractivity contribution >= 4 is 50.6 Å². The molecule has 0 bridgehead atoms. The molecule has 8 nitrogen and oxygen atoms in total. The molecule has 2 atom stereocenters. The van der Waals surface area contributed by atoms with E-state index < -0.39 is 5.91 Å². The van der Waals surface area contributed by atoms with E-state index in [2.05, 4.69) is 23.9 Å². The van der Waals surface area contributed by atoms with Gasteiger partial charge < -0.3 is 15.4 Å². The molecule has 2 aromatic carbocycles. The van der Waals surface area contributed by atoms with Crippen LogP contribution in [0.5, 0.6) is 11.5 Å². The van der Waals surface area contributed by atoms with Gasteiger partial charge in [0.15, 0.2) is 0 Å². The number of benzene rings is 2. The Morgan fingerprint density at radius 2 is 1.89 bits per heavy atom. The van der Waals surface area contributed by atoms with Crippen molar-refractivity contribution in [2.75, 3.05) is 23.4 Å². The summed E-state index contributed by atoms with van der Waals surface area (Å²) in [6.45, 7) is 5.00. The van der Waals surface area contributed by atoms with Crippen molar-refractivity contribution in [2.24, 2.45) is 5.73 Å². The van der Waals surface area contributed by atoms with E-state index in [-0.39, 0.29) is 12.1 Å². The average molecular weight is 528 g/mol. The quantitative estimate of drug-likeness (QED) is 0.341. The number of nitrogens with two attached hydrogens (primary N) is 1. The molecule has 2 aliphatic rings. The molecule has 9 heteroatoms. The molecule has 1 saturated heterocycles. The zero-order valence-corrected chi connectivity index (χ0v) is 22.4. The van der Waals surface area contributed by atoms with Gasteiger partial charge in [0.1, 0.15) is 21.2 Å². The zero-order chi connectivity index (χ0) is 26.6. The highest BCUT2D eigenvalue weighted by molar-refractivity contribution is 7.21. The lowest BCUT2D eigenvalue weighted by Gasteiger charge is -2.44. The van der Waals surface area contributed by atoms with Crippen LogP contribution in [0, 0.1) is 6.92 Å². The van der Waals surface area contributed by atoms with Crippen molar-refractivity contribution in [3.8, 4) is 11.5 Å². The number of nitrogens with zero attached hydrogens (tertiary/aromatic N) is 4. The number of carbonyl (C=O) groups is 2. The second-order valence-electron chi connectivity index (χ2n) is 10.0. The van der Waals surface area contributed by atoms with Crippen molar-refractivity contribution in [2.45, 2.75) is 38.8 Å². The van der Waals surface area contributed by atoms with Gasteiger partial charge in [0.25, 0.3) is 5.91 Å². The number of ether oxygens (including phenoxy) is 1. The first-order chi connectivity index (χ1) is 18.3. The van der Waals surface area contributed by atoms with Gasteiger partial charge in [-0.05, 0) is 75.7 Å². The fourth-order valence-electron chi connectivity index (χ4n) is 5.52. The van der Waals surface area contributed by atoms with E-state index in [0.29, 0.717) is 32.9 Å². The number of rotatable bonds is 5. The molecular formula is C29H29N5O3S. The van der Waals surface area contributed by atoms with Crippen molar-refractivity contribution in [3.63, 3.8) is 0 Å². The summed E-state index contributed by atoms with van der Waals surface area (Å²) in [5.41, 5.74) is 8.79. The van der Waals surface area contributed by atoms with Crippen LogP contribution in [0.3, 0.4) is 0 Å². The Kier molecular flexibility index (Phi) is 6.04. The van der Waals surface area contributed by atoms with Crippen molar-refractivity contribution in [1.82, 2.24) is 9.88 Å².